The molecule has 1 aliphatic rings. The second-order valence-corrected chi connectivity index (χ2v) is 3.04. The lowest BCUT2D eigenvalue weighted by atomic mass is 10.3. The Morgan fingerprint density at radius 1 is 1.33 bits per heavy atom. The third kappa shape index (κ3) is 0.913. The molecule has 0 bridgehead atoms. The highest BCUT2D eigenvalue weighted by atomic mass is 15.4. The highest BCUT2D eigenvalue weighted by molar-refractivity contribution is 5.80. The van der Waals surface area contributed by atoms with Gasteiger partial charge in [-0.15, -0.1) is 0 Å². The van der Waals surface area contributed by atoms with E-state index >= 15 is 0 Å². The van der Waals surface area contributed by atoms with Crippen molar-refractivity contribution in [2.75, 3.05) is 0 Å². The Kier molecular flexibility index (Phi) is 1.43. The van der Waals surface area contributed by atoms with E-state index in [-0.39, 0.29) is 0 Å². The van der Waals surface area contributed by atoms with Gasteiger partial charge in [-0.05, 0) is 20.8 Å². The van der Waals surface area contributed by atoms with Crippen LogP contribution in [0.5, 0.6) is 0 Å². The minimum Gasteiger partial charge on any atom is -0.367 e. The average Bonchev–Trinajstić information content (AvgIpc) is 2.28. The molecule has 0 spiro atoms. The summed E-state index contributed by atoms with van der Waals surface area (Å²) >= 11 is 0. The molecular weight excluding hydrogens is 152 g/mol. The standard InChI is InChI=1S/C8H12N4/c1-5-8-4-9-6(2)11-12(8)7(3)10-5/h4H2,1-3H3,(H,9,11). The van der Waals surface area contributed by atoms with E-state index in [0.29, 0.717) is 0 Å². The van der Waals surface area contributed by atoms with Gasteiger partial charge in [-0.2, -0.15) is 5.10 Å². The van der Waals surface area contributed by atoms with Crippen LogP contribution in [0.25, 0.3) is 0 Å². The summed E-state index contributed by atoms with van der Waals surface area (Å²) in [5, 5.41) is 7.51. The van der Waals surface area contributed by atoms with Gasteiger partial charge in [0.05, 0.1) is 17.9 Å². The zero-order valence-corrected chi connectivity index (χ0v) is 7.55. The van der Waals surface area contributed by atoms with E-state index in [1.807, 2.05) is 25.4 Å². The molecule has 0 fully saturated rings. The third-order valence-electron chi connectivity index (χ3n) is 2.07. The molecule has 0 aromatic carbocycles. The number of hydrogen-bond acceptors (Lipinski definition) is 3. The van der Waals surface area contributed by atoms with Gasteiger partial charge >= 0.3 is 0 Å². The van der Waals surface area contributed by atoms with E-state index in [0.717, 1.165) is 29.6 Å². The Morgan fingerprint density at radius 3 is 2.83 bits per heavy atom. The lowest BCUT2D eigenvalue weighted by Crippen LogP contribution is -2.27. The highest BCUT2D eigenvalue weighted by Gasteiger charge is 2.14. The molecule has 0 atom stereocenters. The second kappa shape index (κ2) is 2.33. The Balaban J connectivity index is 2.61. The van der Waals surface area contributed by atoms with Gasteiger partial charge in [-0.25, -0.2) is 9.66 Å². The first-order valence-corrected chi connectivity index (χ1v) is 4.03. The number of amidine groups is 1. The molecule has 2 rings (SSSR count). The maximum absolute atomic E-state index is 4.34. The topological polar surface area (TPSA) is 42.2 Å². The number of imidazole rings is 1. The monoisotopic (exact) mass is 164 g/mol. The Hall–Kier alpha value is -1.32. The first-order chi connectivity index (χ1) is 5.68. The number of hydrogen-bond donors (Lipinski definition) is 1. The van der Waals surface area contributed by atoms with Gasteiger partial charge in [-0.1, -0.05) is 0 Å². The lowest BCUT2D eigenvalue weighted by molar-refractivity contribution is 0.688. The summed E-state index contributed by atoms with van der Waals surface area (Å²) in [6.07, 6.45) is 0. The molecule has 0 amide bonds. The normalized spacial score (nSPS) is 15.1. The van der Waals surface area contributed by atoms with Crippen LogP contribution in [0.2, 0.25) is 0 Å². The number of aryl methyl sites for hydroxylation is 2. The van der Waals surface area contributed by atoms with Gasteiger partial charge in [0.25, 0.3) is 0 Å². The summed E-state index contributed by atoms with van der Waals surface area (Å²) in [6, 6.07) is 0. The molecule has 1 aromatic rings. The van der Waals surface area contributed by atoms with Crippen LogP contribution in [0, 0.1) is 13.8 Å². The van der Waals surface area contributed by atoms with Crippen molar-refractivity contribution in [2.24, 2.45) is 5.10 Å². The second-order valence-electron chi connectivity index (χ2n) is 3.04. The van der Waals surface area contributed by atoms with Crippen molar-refractivity contribution in [1.29, 1.82) is 0 Å². The van der Waals surface area contributed by atoms with Crippen molar-refractivity contribution in [3.05, 3.63) is 17.2 Å². The summed E-state index contributed by atoms with van der Waals surface area (Å²) < 4.78 is 1.90. The number of fused-ring (bicyclic) bond motifs is 1. The number of rotatable bonds is 0. The number of aromatic nitrogens is 2. The van der Waals surface area contributed by atoms with E-state index in [1.165, 1.54) is 0 Å². The summed E-state index contributed by atoms with van der Waals surface area (Å²) in [6.45, 7) is 6.77. The molecule has 4 nitrogen and oxygen atoms in total. The van der Waals surface area contributed by atoms with E-state index in [1.54, 1.807) is 0 Å². The van der Waals surface area contributed by atoms with Gasteiger partial charge in [-0.3, -0.25) is 0 Å². The fraction of sp³-hybridized carbons (Fsp3) is 0.500. The van der Waals surface area contributed by atoms with Crippen molar-refractivity contribution in [3.63, 3.8) is 0 Å². The van der Waals surface area contributed by atoms with Gasteiger partial charge in [0.1, 0.15) is 11.7 Å². The molecule has 0 aliphatic carbocycles. The molecule has 0 unspecified atom stereocenters. The summed E-state index contributed by atoms with van der Waals surface area (Å²) in [4.78, 5) is 4.34. The predicted molar refractivity (Wildman–Crippen MR) is 47.0 cm³/mol. The van der Waals surface area contributed by atoms with Gasteiger partial charge < -0.3 is 5.32 Å². The van der Waals surface area contributed by atoms with Gasteiger partial charge in [0.2, 0.25) is 0 Å². The molecule has 0 saturated heterocycles. The fourth-order valence-electron chi connectivity index (χ4n) is 1.44. The smallest absolute Gasteiger partial charge is 0.127 e. The van der Waals surface area contributed by atoms with Crippen LogP contribution in [-0.4, -0.2) is 15.5 Å². The molecule has 4 heteroatoms. The third-order valence-corrected chi connectivity index (χ3v) is 2.07. The summed E-state index contributed by atoms with van der Waals surface area (Å²) in [5.74, 6) is 1.91. The minimum atomic E-state index is 0.835. The van der Waals surface area contributed by atoms with Crippen molar-refractivity contribution in [3.8, 4) is 0 Å². The lowest BCUT2D eigenvalue weighted by Gasteiger charge is -2.14. The zero-order chi connectivity index (χ0) is 8.72. The Labute approximate surface area is 71.3 Å². The summed E-state index contributed by atoms with van der Waals surface area (Å²) in [7, 11) is 0. The Bertz CT molecular complexity index is 348. The van der Waals surface area contributed by atoms with Crippen molar-refractivity contribution >= 4 is 5.84 Å². The molecular formula is C8H12N4. The van der Waals surface area contributed by atoms with Crippen LogP contribution in [0.4, 0.5) is 0 Å². The zero-order valence-electron chi connectivity index (χ0n) is 7.55. The predicted octanol–water partition coefficient (Wildman–Crippen LogP) is 0.785. The Morgan fingerprint density at radius 2 is 2.08 bits per heavy atom. The van der Waals surface area contributed by atoms with Crippen LogP contribution in [0.1, 0.15) is 24.1 Å². The molecule has 1 N–H and O–H groups in total. The van der Waals surface area contributed by atoms with Crippen molar-refractivity contribution in [2.45, 2.75) is 27.3 Å². The maximum atomic E-state index is 4.34. The molecule has 0 saturated carbocycles. The maximum Gasteiger partial charge on any atom is 0.127 e. The minimum absolute atomic E-state index is 0.835. The van der Waals surface area contributed by atoms with Crippen molar-refractivity contribution in [1.82, 2.24) is 15.0 Å². The first kappa shape index (κ1) is 7.34. The fourth-order valence-corrected chi connectivity index (χ4v) is 1.44. The molecule has 1 aromatic heterocycles. The highest BCUT2D eigenvalue weighted by Crippen LogP contribution is 2.12. The quantitative estimate of drug-likeness (QED) is 0.615. The molecule has 64 valence electrons. The average molecular weight is 164 g/mol. The largest absolute Gasteiger partial charge is 0.367 e. The van der Waals surface area contributed by atoms with Crippen LogP contribution in [-0.2, 0) is 6.54 Å². The van der Waals surface area contributed by atoms with E-state index in [2.05, 4.69) is 15.4 Å². The molecule has 1 aliphatic heterocycles. The van der Waals surface area contributed by atoms with Crippen LogP contribution in [0.15, 0.2) is 5.10 Å². The molecule has 0 radical (unpaired) electrons. The van der Waals surface area contributed by atoms with Crippen molar-refractivity contribution < 1.29 is 0 Å². The van der Waals surface area contributed by atoms with Gasteiger partial charge in [0, 0.05) is 0 Å². The number of nitrogens with zero attached hydrogens (tertiary/aromatic N) is 3. The van der Waals surface area contributed by atoms with E-state index in [4.69, 9.17) is 0 Å². The van der Waals surface area contributed by atoms with Crippen LogP contribution in [0.3, 0.4) is 0 Å². The molecule has 2 heterocycles. The molecule has 12 heavy (non-hydrogen) atoms. The van der Waals surface area contributed by atoms with Crippen LogP contribution < -0.4 is 5.32 Å². The number of nitrogens with one attached hydrogen (secondary N) is 1. The van der Waals surface area contributed by atoms with Crippen LogP contribution >= 0.6 is 0 Å². The summed E-state index contributed by atoms with van der Waals surface area (Å²) in [5.41, 5.74) is 2.23. The van der Waals surface area contributed by atoms with Gasteiger partial charge in [0.15, 0.2) is 0 Å². The van der Waals surface area contributed by atoms with E-state index in [9.17, 15) is 0 Å². The SMILES string of the molecule is CC1=Nn2c(C)nc(C)c2CN1. The first-order valence-electron chi connectivity index (χ1n) is 4.03. The van der Waals surface area contributed by atoms with E-state index < -0.39 is 0 Å².